The highest BCUT2D eigenvalue weighted by Crippen LogP contribution is 2.57. The Morgan fingerprint density at radius 1 is 1.22 bits per heavy atom. The van der Waals surface area contributed by atoms with Crippen molar-refractivity contribution in [2.45, 2.75) is 71.1 Å². The number of ether oxygens (including phenoxy) is 1. The van der Waals surface area contributed by atoms with E-state index < -0.39 is 5.97 Å². The van der Waals surface area contributed by atoms with Crippen molar-refractivity contribution in [1.82, 2.24) is 5.32 Å². The number of rotatable bonds is 6. The Hall–Kier alpha value is -2.56. The molecule has 1 heterocycles. The molecular weight excluding hydrogens is 402 g/mol. The quantitative estimate of drug-likeness (QED) is 0.616. The summed E-state index contributed by atoms with van der Waals surface area (Å²) in [5.41, 5.74) is 4.57. The van der Waals surface area contributed by atoms with Crippen molar-refractivity contribution in [3.05, 3.63) is 59.0 Å². The summed E-state index contributed by atoms with van der Waals surface area (Å²) >= 11 is 0. The van der Waals surface area contributed by atoms with Gasteiger partial charge in [0, 0.05) is 6.54 Å². The molecule has 32 heavy (non-hydrogen) atoms. The Bertz CT molecular complexity index is 980. The summed E-state index contributed by atoms with van der Waals surface area (Å²) in [5, 5.41) is 3.05. The molecule has 5 nitrogen and oxygen atoms in total. The molecule has 1 saturated carbocycles. The standard InChI is InChI=1S/C27H35NO4/c1-18(2)19-8-10-21-20(15-19)9-11-23-26(3,12-6-13-27(21,23)4)17-28-24(29)16-32-25(30)22-7-5-14-31-22/h5,7-8,10,14-15,18,23H,6,9,11-13,16-17H2,1-4H3,(H,28,29). The van der Waals surface area contributed by atoms with Crippen LogP contribution in [0.1, 0.15) is 86.5 Å². The Morgan fingerprint density at radius 3 is 2.75 bits per heavy atom. The minimum Gasteiger partial charge on any atom is -0.457 e. The monoisotopic (exact) mass is 437 g/mol. The lowest BCUT2D eigenvalue weighted by Gasteiger charge is -2.55. The van der Waals surface area contributed by atoms with Crippen molar-refractivity contribution < 1.29 is 18.7 Å². The molecule has 3 atom stereocenters. The fraction of sp³-hybridized carbons (Fsp3) is 0.556. The van der Waals surface area contributed by atoms with Crippen LogP contribution in [0.3, 0.4) is 0 Å². The predicted molar refractivity (Wildman–Crippen MR) is 124 cm³/mol. The van der Waals surface area contributed by atoms with Crippen LogP contribution in [-0.4, -0.2) is 25.0 Å². The zero-order valence-electron chi connectivity index (χ0n) is 19.7. The molecule has 2 aromatic rings. The SMILES string of the molecule is CC(C)c1ccc2c(c1)CCC1C(C)(CNC(=O)COC(=O)c3ccco3)CCCC21C. The van der Waals surface area contributed by atoms with Gasteiger partial charge in [-0.25, -0.2) is 4.79 Å². The van der Waals surface area contributed by atoms with E-state index in [1.807, 2.05) is 0 Å². The number of benzene rings is 1. The molecule has 2 aliphatic rings. The highest BCUT2D eigenvalue weighted by molar-refractivity contribution is 5.88. The fourth-order valence-corrected chi connectivity index (χ4v) is 6.16. The lowest BCUT2D eigenvalue weighted by molar-refractivity contribution is -0.125. The highest BCUT2D eigenvalue weighted by Gasteiger charge is 2.51. The Morgan fingerprint density at radius 2 is 2.03 bits per heavy atom. The number of amides is 1. The van der Waals surface area contributed by atoms with Crippen molar-refractivity contribution in [3.8, 4) is 0 Å². The van der Waals surface area contributed by atoms with Gasteiger partial charge in [-0.05, 0) is 77.2 Å². The van der Waals surface area contributed by atoms with Gasteiger partial charge in [0.25, 0.3) is 5.91 Å². The molecule has 5 heteroatoms. The smallest absolute Gasteiger partial charge is 0.374 e. The summed E-state index contributed by atoms with van der Waals surface area (Å²) in [4.78, 5) is 24.3. The van der Waals surface area contributed by atoms with E-state index in [-0.39, 0.29) is 29.1 Å². The number of carbonyl (C=O) groups is 2. The van der Waals surface area contributed by atoms with Crippen LogP contribution in [0.5, 0.6) is 0 Å². The molecule has 1 aromatic heterocycles. The first-order valence-corrected chi connectivity index (χ1v) is 11.8. The van der Waals surface area contributed by atoms with Gasteiger partial charge in [0.05, 0.1) is 6.26 Å². The molecule has 4 rings (SSSR count). The van der Waals surface area contributed by atoms with E-state index >= 15 is 0 Å². The van der Waals surface area contributed by atoms with Crippen LogP contribution in [0, 0.1) is 11.3 Å². The minimum absolute atomic E-state index is 0.0160. The molecule has 0 bridgehead atoms. The first-order valence-electron chi connectivity index (χ1n) is 11.8. The molecule has 0 aliphatic heterocycles. The average molecular weight is 438 g/mol. The molecule has 1 aromatic carbocycles. The molecule has 3 unspecified atom stereocenters. The van der Waals surface area contributed by atoms with Gasteiger partial charge in [-0.15, -0.1) is 0 Å². The number of hydrogen-bond donors (Lipinski definition) is 1. The first-order chi connectivity index (χ1) is 15.2. The summed E-state index contributed by atoms with van der Waals surface area (Å²) in [6.45, 7) is 9.55. The second-order valence-electron chi connectivity index (χ2n) is 10.4. The van der Waals surface area contributed by atoms with Gasteiger partial charge < -0.3 is 14.5 Å². The Balaban J connectivity index is 1.42. The molecule has 2 aliphatic carbocycles. The maximum Gasteiger partial charge on any atom is 0.374 e. The van der Waals surface area contributed by atoms with Crippen molar-refractivity contribution >= 4 is 11.9 Å². The number of esters is 1. The zero-order chi connectivity index (χ0) is 22.9. The van der Waals surface area contributed by atoms with Gasteiger partial charge in [-0.3, -0.25) is 4.79 Å². The molecule has 1 amide bonds. The number of hydrogen-bond acceptors (Lipinski definition) is 4. The molecule has 1 N–H and O–H groups in total. The van der Waals surface area contributed by atoms with Gasteiger partial charge in [-0.2, -0.15) is 0 Å². The lowest BCUT2D eigenvalue weighted by Crippen LogP contribution is -2.53. The molecule has 0 spiro atoms. The third-order valence-corrected chi connectivity index (χ3v) is 7.91. The van der Waals surface area contributed by atoms with Crippen molar-refractivity contribution in [3.63, 3.8) is 0 Å². The van der Waals surface area contributed by atoms with Gasteiger partial charge in [0.15, 0.2) is 6.61 Å². The van der Waals surface area contributed by atoms with Gasteiger partial charge in [-0.1, -0.05) is 52.3 Å². The second kappa shape index (κ2) is 8.76. The van der Waals surface area contributed by atoms with E-state index in [9.17, 15) is 9.59 Å². The van der Waals surface area contributed by atoms with E-state index in [1.165, 1.54) is 35.4 Å². The molecule has 172 valence electrons. The predicted octanol–water partition coefficient (Wildman–Crippen LogP) is 5.39. The second-order valence-corrected chi connectivity index (χ2v) is 10.4. The maximum absolute atomic E-state index is 12.4. The lowest BCUT2D eigenvalue weighted by atomic mass is 9.49. The van der Waals surface area contributed by atoms with Crippen LogP contribution in [0.15, 0.2) is 41.0 Å². The van der Waals surface area contributed by atoms with Crippen LogP contribution < -0.4 is 5.32 Å². The van der Waals surface area contributed by atoms with E-state index in [0.29, 0.717) is 18.4 Å². The van der Waals surface area contributed by atoms with Crippen LogP contribution in [0.4, 0.5) is 0 Å². The maximum atomic E-state index is 12.4. The van der Waals surface area contributed by atoms with Gasteiger partial charge in [0.1, 0.15) is 0 Å². The summed E-state index contributed by atoms with van der Waals surface area (Å²) in [6, 6.07) is 10.2. The Labute approximate surface area is 190 Å². The topological polar surface area (TPSA) is 68.5 Å². The largest absolute Gasteiger partial charge is 0.457 e. The molecule has 0 radical (unpaired) electrons. The number of fused-ring (bicyclic) bond motifs is 3. The number of carbonyl (C=O) groups excluding carboxylic acids is 2. The van der Waals surface area contributed by atoms with Crippen molar-refractivity contribution in [1.29, 1.82) is 0 Å². The number of furan rings is 1. The summed E-state index contributed by atoms with van der Waals surface area (Å²) in [5.74, 6) is 0.267. The van der Waals surface area contributed by atoms with Crippen LogP contribution in [-0.2, 0) is 21.4 Å². The van der Waals surface area contributed by atoms with E-state index in [2.05, 4.69) is 51.2 Å². The van der Waals surface area contributed by atoms with Gasteiger partial charge in [0.2, 0.25) is 5.76 Å². The van der Waals surface area contributed by atoms with E-state index in [0.717, 1.165) is 25.7 Å². The minimum atomic E-state index is -0.619. The third-order valence-electron chi connectivity index (χ3n) is 7.91. The van der Waals surface area contributed by atoms with Crippen molar-refractivity contribution in [2.75, 3.05) is 13.2 Å². The molecular formula is C27H35NO4. The average Bonchev–Trinajstić information content (AvgIpc) is 3.31. The molecule has 0 saturated heterocycles. The normalized spacial score (nSPS) is 26.8. The number of aryl methyl sites for hydroxylation is 1. The van der Waals surface area contributed by atoms with Crippen LogP contribution in [0.25, 0.3) is 0 Å². The number of nitrogens with one attached hydrogen (secondary N) is 1. The zero-order valence-corrected chi connectivity index (χ0v) is 19.7. The Kier molecular flexibility index (Phi) is 6.19. The highest BCUT2D eigenvalue weighted by atomic mass is 16.5. The molecule has 1 fully saturated rings. The van der Waals surface area contributed by atoms with Crippen LogP contribution in [0.2, 0.25) is 0 Å². The third kappa shape index (κ3) is 4.22. The van der Waals surface area contributed by atoms with Crippen LogP contribution >= 0.6 is 0 Å². The summed E-state index contributed by atoms with van der Waals surface area (Å²) in [6.07, 6.45) is 7.09. The van der Waals surface area contributed by atoms with Crippen molar-refractivity contribution in [2.24, 2.45) is 11.3 Å². The summed E-state index contributed by atoms with van der Waals surface area (Å²) in [7, 11) is 0. The summed E-state index contributed by atoms with van der Waals surface area (Å²) < 4.78 is 10.1. The first kappa shape index (κ1) is 22.6. The fourth-order valence-electron chi connectivity index (χ4n) is 6.16. The van der Waals surface area contributed by atoms with E-state index in [4.69, 9.17) is 9.15 Å². The van der Waals surface area contributed by atoms with Gasteiger partial charge >= 0.3 is 5.97 Å². The van der Waals surface area contributed by atoms with E-state index in [1.54, 1.807) is 6.07 Å².